The van der Waals surface area contributed by atoms with Crippen molar-refractivity contribution < 1.29 is 13.9 Å². The van der Waals surface area contributed by atoms with Gasteiger partial charge >= 0.3 is 0 Å². The highest BCUT2D eigenvalue weighted by atomic mass is 19.1. The van der Waals surface area contributed by atoms with Gasteiger partial charge in [-0.2, -0.15) is 0 Å². The summed E-state index contributed by atoms with van der Waals surface area (Å²) in [5.74, 6) is 0.286. The summed E-state index contributed by atoms with van der Waals surface area (Å²) >= 11 is 0. The van der Waals surface area contributed by atoms with Crippen LogP contribution in [-0.4, -0.2) is 5.78 Å². The van der Waals surface area contributed by atoms with Gasteiger partial charge in [0.25, 0.3) is 0 Å². The van der Waals surface area contributed by atoms with Crippen molar-refractivity contribution in [1.82, 2.24) is 0 Å². The van der Waals surface area contributed by atoms with E-state index in [-0.39, 0.29) is 24.1 Å². The Labute approximate surface area is 122 Å². The zero-order valence-electron chi connectivity index (χ0n) is 11.9. The van der Waals surface area contributed by atoms with Crippen molar-refractivity contribution in [2.75, 3.05) is 5.73 Å². The second-order valence-corrected chi connectivity index (χ2v) is 5.38. The summed E-state index contributed by atoms with van der Waals surface area (Å²) in [6, 6.07) is 7.73. The molecule has 1 aliphatic rings. The standard InChI is InChI=1S/C17H16FNO2/c1-9-10(2)17-13(7-14(9)19)15(20)8-16(21-17)11-3-5-12(18)6-4-11/h3-7,16H,8,19H2,1-2H3. The lowest BCUT2D eigenvalue weighted by atomic mass is 9.92. The van der Waals surface area contributed by atoms with Gasteiger partial charge in [-0.05, 0) is 48.7 Å². The number of hydrogen-bond acceptors (Lipinski definition) is 3. The molecule has 3 nitrogen and oxygen atoms in total. The molecule has 2 aromatic carbocycles. The average Bonchev–Trinajstić information content (AvgIpc) is 2.47. The number of nitrogens with two attached hydrogens (primary N) is 1. The number of ether oxygens (including phenoxy) is 1. The van der Waals surface area contributed by atoms with Crippen LogP contribution in [0.25, 0.3) is 0 Å². The van der Waals surface area contributed by atoms with Crippen LogP contribution in [0, 0.1) is 19.7 Å². The van der Waals surface area contributed by atoms with Crippen molar-refractivity contribution in [3.05, 3.63) is 58.4 Å². The van der Waals surface area contributed by atoms with Crippen molar-refractivity contribution >= 4 is 11.5 Å². The Morgan fingerprint density at radius 3 is 2.52 bits per heavy atom. The number of carbonyl (C=O) groups excluding carboxylic acids is 1. The van der Waals surface area contributed by atoms with Crippen LogP contribution in [0.2, 0.25) is 0 Å². The number of carbonyl (C=O) groups is 1. The lowest BCUT2D eigenvalue weighted by Crippen LogP contribution is -2.22. The minimum Gasteiger partial charge on any atom is -0.484 e. The third-order valence-corrected chi connectivity index (χ3v) is 4.05. The van der Waals surface area contributed by atoms with Gasteiger partial charge in [-0.15, -0.1) is 0 Å². The van der Waals surface area contributed by atoms with Gasteiger partial charge in [0.1, 0.15) is 17.7 Å². The summed E-state index contributed by atoms with van der Waals surface area (Å²) in [6.45, 7) is 3.80. The molecule has 0 saturated carbocycles. The first kappa shape index (κ1) is 13.6. The molecule has 0 bridgehead atoms. The number of rotatable bonds is 1. The van der Waals surface area contributed by atoms with Crippen LogP contribution in [-0.2, 0) is 0 Å². The third-order valence-electron chi connectivity index (χ3n) is 4.05. The molecule has 2 aromatic rings. The van der Waals surface area contributed by atoms with E-state index in [1.807, 2.05) is 13.8 Å². The second kappa shape index (κ2) is 4.88. The topological polar surface area (TPSA) is 52.3 Å². The number of fused-ring (bicyclic) bond motifs is 1. The number of Topliss-reactive ketones (excluding diaryl/α,β-unsaturated/α-hetero) is 1. The maximum absolute atomic E-state index is 13.0. The van der Waals surface area contributed by atoms with Crippen LogP contribution >= 0.6 is 0 Å². The monoisotopic (exact) mass is 285 g/mol. The van der Waals surface area contributed by atoms with E-state index in [0.29, 0.717) is 17.0 Å². The minimum atomic E-state index is -0.382. The Kier molecular flexibility index (Phi) is 3.16. The summed E-state index contributed by atoms with van der Waals surface area (Å²) < 4.78 is 19.0. The molecule has 0 aliphatic carbocycles. The van der Waals surface area contributed by atoms with Gasteiger partial charge in [-0.1, -0.05) is 12.1 Å². The van der Waals surface area contributed by atoms with Crippen LogP contribution in [0.15, 0.2) is 30.3 Å². The fourth-order valence-corrected chi connectivity index (χ4v) is 2.60. The Hall–Kier alpha value is -2.36. The molecule has 2 N–H and O–H groups in total. The molecule has 1 unspecified atom stereocenters. The maximum Gasteiger partial charge on any atom is 0.170 e. The van der Waals surface area contributed by atoms with Gasteiger partial charge in [-0.3, -0.25) is 4.79 Å². The van der Waals surface area contributed by atoms with E-state index in [9.17, 15) is 9.18 Å². The number of nitrogen functional groups attached to an aromatic ring is 1. The Bertz CT molecular complexity index is 723. The van der Waals surface area contributed by atoms with E-state index in [0.717, 1.165) is 16.7 Å². The SMILES string of the molecule is Cc1c(N)cc2c(c1C)OC(c1ccc(F)cc1)CC2=O. The van der Waals surface area contributed by atoms with Crippen LogP contribution in [0.5, 0.6) is 5.75 Å². The first-order chi connectivity index (χ1) is 9.97. The van der Waals surface area contributed by atoms with Crippen LogP contribution in [0.3, 0.4) is 0 Å². The highest BCUT2D eigenvalue weighted by molar-refractivity contribution is 6.01. The van der Waals surface area contributed by atoms with E-state index >= 15 is 0 Å². The third kappa shape index (κ3) is 2.27. The molecule has 108 valence electrons. The number of halogens is 1. The number of benzene rings is 2. The molecule has 1 heterocycles. The van der Waals surface area contributed by atoms with Crippen LogP contribution in [0.4, 0.5) is 10.1 Å². The molecule has 0 saturated heterocycles. The number of anilines is 1. The quantitative estimate of drug-likeness (QED) is 0.812. The van der Waals surface area contributed by atoms with Crippen molar-refractivity contribution in [2.45, 2.75) is 26.4 Å². The largest absolute Gasteiger partial charge is 0.484 e. The van der Waals surface area contributed by atoms with E-state index in [1.165, 1.54) is 12.1 Å². The maximum atomic E-state index is 13.0. The van der Waals surface area contributed by atoms with E-state index in [1.54, 1.807) is 18.2 Å². The highest BCUT2D eigenvalue weighted by Crippen LogP contribution is 2.40. The number of ketones is 1. The van der Waals surface area contributed by atoms with E-state index < -0.39 is 0 Å². The highest BCUT2D eigenvalue weighted by Gasteiger charge is 2.30. The van der Waals surface area contributed by atoms with E-state index in [4.69, 9.17) is 10.5 Å². The molecule has 1 atom stereocenters. The van der Waals surface area contributed by atoms with E-state index in [2.05, 4.69) is 0 Å². The molecule has 1 aliphatic heterocycles. The van der Waals surface area contributed by atoms with Gasteiger partial charge in [-0.25, -0.2) is 4.39 Å². The molecular formula is C17H16FNO2. The van der Waals surface area contributed by atoms with Gasteiger partial charge < -0.3 is 10.5 Å². The normalized spacial score (nSPS) is 17.3. The fourth-order valence-electron chi connectivity index (χ4n) is 2.60. The van der Waals surface area contributed by atoms with Crippen molar-refractivity contribution in [2.24, 2.45) is 0 Å². The predicted octanol–water partition coefficient (Wildman–Crippen LogP) is 3.73. The lowest BCUT2D eigenvalue weighted by Gasteiger charge is -2.28. The van der Waals surface area contributed by atoms with Crippen LogP contribution in [0.1, 0.15) is 39.6 Å². The molecule has 0 spiro atoms. The van der Waals surface area contributed by atoms with Crippen LogP contribution < -0.4 is 10.5 Å². The molecule has 0 amide bonds. The van der Waals surface area contributed by atoms with Crippen molar-refractivity contribution in [1.29, 1.82) is 0 Å². The molecule has 3 rings (SSSR count). The Balaban J connectivity index is 2.04. The van der Waals surface area contributed by atoms with Crippen molar-refractivity contribution in [3.8, 4) is 5.75 Å². The zero-order valence-corrected chi connectivity index (χ0v) is 11.9. The van der Waals surface area contributed by atoms with Gasteiger partial charge in [0.05, 0.1) is 12.0 Å². The summed E-state index contributed by atoms with van der Waals surface area (Å²) in [4.78, 5) is 12.3. The second-order valence-electron chi connectivity index (χ2n) is 5.38. The first-order valence-electron chi connectivity index (χ1n) is 6.82. The molecule has 4 heteroatoms. The molecule has 0 radical (unpaired) electrons. The van der Waals surface area contributed by atoms with Crippen molar-refractivity contribution in [3.63, 3.8) is 0 Å². The molecular weight excluding hydrogens is 269 g/mol. The molecule has 0 aromatic heterocycles. The molecule has 0 fully saturated rings. The minimum absolute atomic E-state index is 0.000347. The van der Waals surface area contributed by atoms with Gasteiger partial charge in [0.2, 0.25) is 0 Å². The van der Waals surface area contributed by atoms with Gasteiger partial charge in [0.15, 0.2) is 5.78 Å². The summed E-state index contributed by atoms with van der Waals surface area (Å²) in [5, 5.41) is 0. The zero-order chi connectivity index (χ0) is 15.1. The Morgan fingerprint density at radius 1 is 1.19 bits per heavy atom. The molecule has 21 heavy (non-hydrogen) atoms. The lowest BCUT2D eigenvalue weighted by molar-refractivity contribution is 0.0848. The Morgan fingerprint density at radius 2 is 1.86 bits per heavy atom. The number of hydrogen-bond donors (Lipinski definition) is 1. The smallest absolute Gasteiger partial charge is 0.170 e. The van der Waals surface area contributed by atoms with Gasteiger partial charge in [0, 0.05) is 5.69 Å². The summed E-state index contributed by atoms with van der Waals surface area (Å²) in [5.41, 5.74) is 9.65. The first-order valence-corrected chi connectivity index (χ1v) is 6.82. The summed E-state index contributed by atoms with van der Waals surface area (Å²) in [7, 11) is 0. The average molecular weight is 285 g/mol. The predicted molar refractivity (Wildman–Crippen MR) is 79.0 cm³/mol. The summed E-state index contributed by atoms with van der Waals surface area (Å²) in [6.07, 6.45) is -0.145. The fraction of sp³-hybridized carbons (Fsp3) is 0.235.